The molecule has 0 aliphatic carbocycles. The van der Waals surface area contributed by atoms with E-state index in [4.69, 9.17) is 4.74 Å². The molecule has 3 amide bonds. The van der Waals surface area contributed by atoms with Crippen LogP contribution >= 0.6 is 0 Å². The zero-order valence-corrected chi connectivity index (χ0v) is 23.4. The molecule has 0 aromatic heterocycles. The molecule has 7 heteroatoms. The molecule has 0 spiro atoms. The molecule has 2 N–H and O–H groups in total. The molecule has 0 aliphatic heterocycles. The molecule has 3 aromatic carbocycles. The van der Waals surface area contributed by atoms with Gasteiger partial charge in [0.1, 0.15) is 18.2 Å². The first kappa shape index (κ1) is 28.7. The lowest BCUT2D eigenvalue weighted by molar-refractivity contribution is -0.145. The molecule has 1 unspecified atom stereocenters. The predicted octanol–water partition coefficient (Wildman–Crippen LogP) is 6.37. The van der Waals surface area contributed by atoms with Crippen LogP contribution in [0.2, 0.25) is 0 Å². The van der Waals surface area contributed by atoms with Gasteiger partial charge in [0.15, 0.2) is 0 Å². The molecule has 0 saturated carbocycles. The Hall–Kier alpha value is -3.87. The standard InChI is InChI=1S/C31H39N3O4/c1-8-31(6,7)34(26(35)20-32-29(37)38-30(3,4)5)27(23-15-13-21(2)14-16-23)28(36)33-25-18-17-22-11-9-10-12-24(22)19-25/h9-19,27H,8,20H2,1-7H3,(H,32,37)(H,33,36). The molecule has 0 aliphatic rings. The SMILES string of the molecule is CCC(C)(C)N(C(=O)CNC(=O)OC(C)(C)C)C(C(=O)Nc1ccc2ccccc2c1)c1ccc(C)cc1. The van der Waals surface area contributed by atoms with Crippen molar-refractivity contribution in [2.45, 2.75) is 72.1 Å². The summed E-state index contributed by atoms with van der Waals surface area (Å²) >= 11 is 0. The molecule has 0 fully saturated rings. The Morgan fingerprint density at radius 2 is 1.53 bits per heavy atom. The topological polar surface area (TPSA) is 87.7 Å². The number of anilines is 1. The van der Waals surface area contributed by atoms with Crippen molar-refractivity contribution in [3.05, 3.63) is 77.9 Å². The van der Waals surface area contributed by atoms with Crippen molar-refractivity contribution < 1.29 is 19.1 Å². The molecule has 0 radical (unpaired) electrons. The average molecular weight is 518 g/mol. The monoisotopic (exact) mass is 517 g/mol. The second-order valence-electron chi connectivity index (χ2n) is 11.1. The lowest BCUT2D eigenvalue weighted by Crippen LogP contribution is -2.55. The van der Waals surface area contributed by atoms with Crippen LogP contribution in [0.1, 0.15) is 65.1 Å². The summed E-state index contributed by atoms with van der Waals surface area (Å²) in [5, 5.41) is 7.65. The third-order valence-corrected chi connectivity index (χ3v) is 6.49. The maximum Gasteiger partial charge on any atom is 0.408 e. The van der Waals surface area contributed by atoms with Crippen LogP contribution in [0.3, 0.4) is 0 Å². The van der Waals surface area contributed by atoms with Crippen LogP contribution in [0.4, 0.5) is 10.5 Å². The third kappa shape index (κ3) is 7.34. The third-order valence-electron chi connectivity index (χ3n) is 6.49. The molecule has 0 bridgehead atoms. The van der Waals surface area contributed by atoms with Crippen LogP contribution in [0.5, 0.6) is 0 Å². The Morgan fingerprint density at radius 1 is 0.895 bits per heavy atom. The first-order valence-electron chi connectivity index (χ1n) is 13.0. The molecule has 0 heterocycles. The van der Waals surface area contributed by atoms with Crippen molar-refractivity contribution in [3.63, 3.8) is 0 Å². The summed E-state index contributed by atoms with van der Waals surface area (Å²) in [6, 6.07) is 20.3. The van der Waals surface area contributed by atoms with Crippen LogP contribution < -0.4 is 10.6 Å². The van der Waals surface area contributed by atoms with Crippen LogP contribution in [-0.4, -0.2) is 40.5 Å². The van der Waals surface area contributed by atoms with Crippen LogP contribution in [0.15, 0.2) is 66.7 Å². The highest BCUT2D eigenvalue weighted by Crippen LogP contribution is 2.32. The number of nitrogens with zero attached hydrogens (tertiary/aromatic N) is 1. The Kier molecular flexibility index (Phi) is 8.82. The Balaban J connectivity index is 1.97. The van der Waals surface area contributed by atoms with Gasteiger partial charge in [0.2, 0.25) is 5.91 Å². The molecule has 0 saturated heterocycles. The zero-order chi connectivity index (χ0) is 28.1. The van der Waals surface area contributed by atoms with Crippen molar-refractivity contribution in [1.29, 1.82) is 0 Å². The van der Waals surface area contributed by atoms with E-state index in [1.54, 1.807) is 25.7 Å². The van der Waals surface area contributed by atoms with Crippen molar-refractivity contribution >= 4 is 34.4 Å². The zero-order valence-electron chi connectivity index (χ0n) is 23.4. The number of hydrogen-bond donors (Lipinski definition) is 2. The van der Waals surface area contributed by atoms with E-state index in [-0.39, 0.29) is 18.4 Å². The molecule has 202 valence electrons. The van der Waals surface area contributed by atoms with Crippen molar-refractivity contribution in [2.75, 3.05) is 11.9 Å². The van der Waals surface area contributed by atoms with Crippen molar-refractivity contribution in [3.8, 4) is 0 Å². The number of hydrogen-bond acceptors (Lipinski definition) is 4. The van der Waals surface area contributed by atoms with Crippen molar-refractivity contribution in [2.24, 2.45) is 0 Å². The summed E-state index contributed by atoms with van der Waals surface area (Å²) in [4.78, 5) is 41.5. The number of alkyl carbamates (subject to hydrolysis) is 1. The number of nitrogens with one attached hydrogen (secondary N) is 2. The number of amides is 3. The quantitative estimate of drug-likeness (QED) is 0.363. The highest BCUT2D eigenvalue weighted by molar-refractivity contribution is 6.00. The minimum atomic E-state index is -0.926. The molecular formula is C31H39N3O4. The van der Waals surface area contributed by atoms with Gasteiger partial charge in [-0.15, -0.1) is 0 Å². The van der Waals surface area contributed by atoms with E-state index in [9.17, 15) is 14.4 Å². The van der Waals surface area contributed by atoms with Gasteiger partial charge in [-0.25, -0.2) is 4.79 Å². The van der Waals surface area contributed by atoms with E-state index in [2.05, 4.69) is 10.6 Å². The molecule has 38 heavy (non-hydrogen) atoms. The van der Waals surface area contributed by atoms with Crippen LogP contribution in [0.25, 0.3) is 10.8 Å². The van der Waals surface area contributed by atoms with Crippen molar-refractivity contribution in [1.82, 2.24) is 10.2 Å². The minimum Gasteiger partial charge on any atom is -0.444 e. The summed E-state index contributed by atoms with van der Waals surface area (Å²) < 4.78 is 5.30. The Morgan fingerprint density at radius 3 is 2.13 bits per heavy atom. The molecule has 7 nitrogen and oxygen atoms in total. The maximum absolute atomic E-state index is 14.0. The lowest BCUT2D eigenvalue weighted by atomic mass is 9.92. The molecule has 3 aromatic rings. The summed E-state index contributed by atoms with van der Waals surface area (Å²) in [7, 11) is 0. The number of benzene rings is 3. The smallest absolute Gasteiger partial charge is 0.408 e. The number of fused-ring (bicyclic) bond motifs is 1. The van der Waals surface area contributed by atoms with E-state index in [1.165, 1.54) is 0 Å². The predicted molar refractivity (Wildman–Crippen MR) is 152 cm³/mol. The fraction of sp³-hybridized carbons (Fsp3) is 0.387. The number of aryl methyl sites for hydroxylation is 1. The maximum atomic E-state index is 14.0. The van der Waals surface area contributed by atoms with Gasteiger partial charge in [-0.1, -0.05) is 67.1 Å². The average Bonchev–Trinajstić information content (AvgIpc) is 2.85. The highest BCUT2D eigenvalue weighted by atomic mass is 16.6. The summed E-state index contributed by atoms with van der Waals surface area (Å²) in [6.45, 7) is 12.7. The van der Waals surface area contributed by atoms with Crippen LogP contribution in [0, 0.1) is 6.92 Å². The van der Waals surface area contributed by atoms with E-state index in [1.807, 2.05) is 94.4 Å². The highest BCUT2D eigenvalue weighted by Gasteiger charge is 2.40. The van der Waals surface area contributed by atoms with Gasteiger partial charge in [-0.3, -0.25) is 9.59 Å². The summed E-state index contributed by atoms with van der Waals surface area (Å²) in [5.74, 6) is -0.724. The van der Waals surface area contributed by atoms with Gasteiger partial charge in [0, 0.05) is 11.2 Å². The Labute approximate surface area is 225 Å². The van der Waals surface area contributed by atoms with Gasteiger partial charge < -0.3 is 20.3 Å². The van der Waals surface area contributed by atoms with Gasteiger partial charge in [-0.05, 0) is 76.4 Å². The minimum absolute atomic E-state index is 0.302. The molecular weight excluding hydrogens is 478 g/mol. The van der Waals surface area contributed by atoms with Gasteiger partial charge in [-0.2, -0.15) is 0 Å². The fourth-order valence-electron chi connectivity index (χ4n) is 4.19. The van der Waals surface area contributed by atoms with Gasteiger partial charge >= 0.3 is 6.09 Å². The number of carbonyl (C=O) groups excluding carboxylic acids is 3. The number of carbonyl (C=O) groups is 3. The Bertz CT molecular complexity index is 1290. The van der Waals surface area contributed by atoms with Gasteiger partial charge in [0.25, 0.3) is 5.91 Å². The fourth-order valence-corrected chi connectivity index (χ4v) is 4.19. The van der Waals surface area contributed by atoms with E-state index < -0.39 is 23.3 Å². The van der Waals surface area contributed by atoms with Crippen LogP contribution in [-0.2, 0) is 14.3 Å². The molecule has 3 rings (SSSR count). The van der Waals surface area contributed by atoms with E-state index in [0.717, 1.165) is 16.3 Å². The summed E-state index contributed by atoms with van der Waals surface area (Å²) in [5.41, 5.74) is 0.977. The first-order chi connectivity index (χ1) is 17.8. The van der Waals surface area contributed by atoms with Gasteiger partial charge in [0.05, 0.1) is 0 Å². The van der Waals surface area contributed by atoms with E-state index >= 15 is 0 Å². The lowest BCUT2D eigenvalue weighted by Gasteiger charge is -2.43. The number of rotatable bonds is 8. The van der Waals surface area contributed by atoms with E-state index in [0.29, 0.717) is 17.7 Å². The second-order valence-corrected chi connectivity index (χ2v) is 11.1. The molecule has 1 atom stereocenters. The second kappa shape index (κ2) is 11.7. The summed E-state index contributed by atoms with van der Waals surface area (Å²) in [6.07, 6.45) is -0.0934. The largest absolute Gasteiger partial charge is 0.444 e. The number of ether oxygens (including phenoxy) is 1. The normalized spacial score (nSPS) is 12.5. The first-order valence-corrected chi connectivity index (χ1v) is 13.0.